The van der Waals surface area contributed by atoms with E-state index in [1.807, 2.05) is 20.8 Å². The van der Waals surface area contributed by atoms with Crippen LogP contribution in [0.3, 0.4) is 0 Å². The number of carbonyl (C=O) groups excluding carboxylic acids is 1. The molecule has 2 N–H and O–H groups in total. The Bertz CT molecular complexity index is 458. The molecule has 0 aromatic heterocycles. The molecule has 2 atom stereocenters. The van der Waals surface area contributed by atoms with Crippen LogP contribution in [-0.2, 0) is 9.53 Å². The number of alkyl halides is 3. The van der Waals surface area contributed by atoms with Crippen LogP contribution in [0, 0.1) is 5.41 Å². The van der Waals surface area contributed by atoms with Crippen LogP contribution in [0.15, 0.2) is 0 Å². The molecular weight excluding hydrogens is 382 g/mol. The minimum Gasteiger partial charge on any atom is -0.378 e. The van der Waals surface area contributed by atoms with E-state index in [9.17, 15) is 18.0 Å². The lowest BCUT2D eigenvalue weighted by molar-refractivity contribution is -0.182. The molecule has 25 heavy (non-hydrogen) atoms. The van der Waals surface area contributed by atoms with Crippen molar-refractivity contribution in [3.8, 4) is 0 Å². The first kappa shape index (κ1) is 24.7. The average molecular weight is 410 g/mol. The highest BCUT2D eigenvalue weighted by atomic mass is 35.5. The van der Waals surface area contributed by atoms with E-state index in [4.69, 9.17) is 10.5 Å². The molecule has 2 aliphatic rings. The Hall–Kier alpha value is -0.280. The second-order valence-electron chi connectivity index (χ2n) is 7.02. The van der Waals surface area contributed by atoms with Crippen LogP contribution in [0.4, 0.5) is 13.2 Å². The number of hydrogen-bond acceptors (Lipinski definition) is 4. The lowest BCUT2D eigenvalue weighted by atomic mass is 9.54. The summed E-state index contributed by atoms with van der Waals surface area (Å²) < 4.78 is 42.8. The second kappa shape index (κ2) is 8.61. The summed E-state index contributed by atoms with van der Waals surface area (Å²) >= 11 is 0. The van der Waals surface area contributed by atoms with Gasteiger partial charge in [0.15, 0.2) is 0 Å². The molecule has 2 rings (SSSR count). The van der Waals surface area contributed by atoms with E-state index in [2.05, 4.69) is 0 Å². The van der Waals surface area contributed by atoms with Crippen molar-refractivity contribution in [3.63, 3.8) is 0 Å². The summed E-state index contributed by atoms with van der Waals surface area (Å²) in [5.41, 5.74) is 4.86. The lowest BCUT2D eigenvalue weighted by Crippen LogP contribution is -2.76. The Morgan fingerprint density at radius 1 is 1.20 bits per heavy atom. The van der Waals surface area contributed by atoms with Crippen molar-refractivity contribution >= 4 is 30.7 Å². The van der Waals surface area contributed by atoms with E-state index < -0.39 is 23.7 Å². The summed E-state index contributed by atoms with van der Waals surface area (Å²) in [6.07, 6.45) is -3.81. The van der Waals surface area contributed by atoms with Crippen LogP contribution in [0.1, 0.15) is 27.2 Å². The fraction of sp³-hybridized carbons (Fsp3) is 0.933. The van der Waals surface area contributed by atoms with Gasteiger partial charge < -0.3 is 15.4 Å². The number of nitrogens with two attached hydrogens (primary N) is 1. The summed E-state index contributed by atoms with van der Waals surface area (Å²) in [6, 6.07) is 0. The largest absolute Gasteiger partial charge is 0.401 e. The van der Waals surface area contributed by atoms with Crippen LogP contribution in [0.2, 0.25) is 0 Å². The predicted octanol–water partition coefficient (Wildman–Crippen LogP) is 2.07. The fourth-order valence-corrected chi connectivity index (χ4v) is 3.44. The maximum atomic E-state index is 12.8. The number of halogens is 5. The van der Waals surface area contributed by atoms with Crippen LogP contribution in [0.25, 0.3) is 0 Å². The minimum absolute atomic E-state index is 0. The molecule has 150 valence electrons. The van der Waals surface area contributed by atoms with Gasteiger partial charge in [-0.25, -0.2) is 0 Å². The summed E-state index contributed by atoms with van der Waals surface area (Å²) in [5, 5.41) is 0. The molecule has 1 amide bonds. The molecule has 1 saturated carbocycles. The zero-order valence-electron chi connectivity index (χ0n) is 14.8. The molecule has 0 aromatic rings. The van der Waals surface area contributed by atoms with E-state index in [0.29, 0.717) is 13.0 Å². The molecule has 0 aromatic carbocycles. The number of amides is 1. The normalized spacial score (nSPS) is 29.2. The van der Waals surface area contributed by atoms with E-state index in [0.717, 1.165) is 0 Å². The number of carbonyl (C=O) groups is 1. The third-order valence-corrected chi connectivity index (χ3v) is 5.27. The monoisotopic (exact) mass is 409 g/mol. The first-order valence-electron chi connectivity index (χ1n) is 8.00. The maximum Gasteiger partial charge on any atom is 0.401 e. The van der Waals surface area contributed by atoms with Crippen molar-refractivity contribution in [1.29, 1.82) is 0 Å². The first-order chi connectivity index (χ1) is 10.5. The van der Waals surface area contributed by atoms with Gasteiger partial charge in [-0.15, -0.1) is 24.8 Å². The van der Waals surface area contributed by atoms with E-state index in [-0.39, 0.29) is 63.0 Å². The molecule has 0 radical (unpaired) electrons. The summed E-state index contributed by atoms with van der Waals surface area (Å²) in [7, 11) is 0. The summed E-state index contributed by atoms with van der Waals surface area (Å²) in [5.74, 6) is -0.176. The summed E-state index contributed by atoms with van der Waals surface area (Å²) in [4.78, 5) is 15.7. The van der Waals surface area contributed by atoms with Gasteiger partial charge in [-0.1, -0.05) is 13.8 Å². The lowest BCUT2D eigenvalue weighted by Gasteiger charge is -2.59. The van der Waals surface area contributed by atoms with Crippen molar-refractivity contribution in [3.05, 3.63) is 0 Å². The smallest absolute Gasteiger partial charge is 0.378 e. The highest BCUT2D eigenvalue weighted by Gasteiger charge is 2.63. The van der Waals surface area contributed by atoms with E-state index in [1.54, 1.807) is 4.90 Å². The SMILES string of the molecule is CCOC1CC(N)(C(=O)N2CCN(CC(F)(F)F)CC2)C1(C)C.Cl.Cl. The quantitative estimate of drug-likeness (QED) is 0.771. The molecule has 1 aliphatic heterocycles. The van der Waals surface area contributed by atoms with Crippen molar-refractivity contribution in [1.82, 2.24) is 9.80 Å². The molecule has 1 heterocycles. The van der Waals surface area contributed by atoms with Crippen LogP contribution in [0.5, 0.6) is 0 Å². The molecule has 10 heteroatoms. The Morgan fingerprint density at radius 3 is 2.12 bits per heavy atom. The second-order valence-corrected chi connectivity index (χ2v) is 7.02. The Labute approximate surface area is 159 Å². The zero-order chi connectivity index (χ0) is 17.5. The zero-order valence-corrected chi connectivity index (χ0v) is 16.4. The van der Waals surface area contributed by atoms with Gasteiger partial charge in [0.05, 0.1) is 12.6 Å². The first-order valence-corrected chi connectivity index (χ1v) is 8.00. The Kier molecular flexibility index (Phi) is 8.51. The predicted molar refractivity (Wildman–Crippen MR) is 94.3 cm³/mol. The number of ether oxygens (including phenoxy) is 1. The van der Waals surface area contributed by atoms with Gasteiger partial charge in [-0.2, -0.15) is 13.2 Å². The topological polar surface area (TPSA) is 58.8 Å². The van der Waals surface area contributed by atoms with Crippen molar-refractivity contribution in [2.75, 3.05) is 39.3 Å². The van der Waals surface area contributed by atoms with Gasteiger partial charge in [-0.3, -0.25) is 9.69 Å². The molecule has 1 aliphatic carbocycles. The third-order valence-electron chi connectivity index (χ3n) is 5.27. The molecular formula is C15H28Cl2F3N3O2. The molecule has 2 fully saturated rings. The van der Waals surface area contributed by atoms with Crippen molar-refractivity contribution in [2.24, 2.45) is 11.1 Å². The van der Waals surface area contributed by atoms with Gasteiger partial charge in [0.2, 0.25) is 5.91 Å². The molecule has 0 bridgehead atoms. The van der Waals surface area contributed by atoms with Crippen LogP contribution < -0.4 is 5.73 Å². The summed E-state index contributed by atoms with van der Waals surface area (Å²) in [6.45, 7) is 6.35. The molecule has 1 saturated heterocycles. The van der Waals surface area contributed by atoms with Gasteiger partial charge in [-0.05, 0) is 6.92 Å². The number of nitrogens with zero attached hydrogens (tertiary/aromatic N) is 2. The highest BCUT2D eigenvalue weighted by molar-refractivity contribution is 5.89. The molecule has 0 spiro atoms. The minimum atomic E-state index is -4.21. The Morgan fingerprint density at radius 2 is 1.72 bits per heavy atom. The van der Waals surface area contributed by atoms with E-state index in [1.165, 1.54) is 4.90 Å². The van der Waals surface area contributed by atoms with Gasteiger partial charge in [0.25, 0.3) is 0 Å². The molecule has 5 nitrogen and oxygen atoms in total. The van der Waals surface area contributed by atoms with Gasteiger partial charge in [0.1, 0.15) is 5.54 Å². The average Bonchev–Trinajstić information content (AvgIpc) is 2.45. The van der Waals surface area contributed by atoms with Crippen molar-refractivity contribution in [2.45, 2.75) is 45.0 Å². The highest BCUT2D eigenvalue weighted by Crippen LogP contribution is 2.50. The maximum absolute atomic E-state index is 12.8. The Balaban J connectivity index is 0.00000288. The number of piperazine rings is 1. The van der Waals surface area contributed by atoms with Gasteiger partial charge in [0, 0.05) is 44.6 Å². The van der Waals surface area contributed by atoms with Crippen molar-refractivity contribution < 1.29 is 22.7 Å². The van der Waals surface area contributed by atoms with Crippen LogP contribution in [-0.4, -0.2) is 72.9 Å². The third kappa shape index (κ3) is 4.91. The van der Waals surface area contributed by atoms with Crippen LogP contribution >= 0.6 is 24.8 Å². The van der Waals surface area contributed by atoms with Gasteiger partial charge >= 0.3 is 6.18 Å². The number of rotatable bonds is 4. The number of hydrogen-bond donors (Lipinski definition) is 1. The standard InChI is InChI=1S/C15H26F3N3O2.2ClH/c1-4-23-11-9-14(19,13(11,2)3)12(22)21-7-5-20(6-8-21)10-15(16,17)18;;/h11H,4-10,19H2,1-3H3;2*1H. The van der Waals surface area contributed by atoms with E-state index >= 15 is 0 Å². The fourth-order valence-electron chi connectivity index (χ4n) is 3.44. The molecule has 2 unspecified atom stereocenters.